The number of ether oxygens (including phenoxy) is 1. The predicted octanol–water partition coefficient (Wildman–Crippen LogP) is 3.25. The lowest BCUT2D eigenvalue weighted by Crippen LogP contribution is -2.39. The van der Waals surface area contributed by atoms with Crippen molar-refractivity contribution < 1.29 is 23.2 Å². The van der Waals surface area contributed by atoms with Crippen molar-refractivity contribution in [1.29, 1.82) is 0 Å². The number of aromatic nitrogens is 1. The fourth-order valence-corrected chi connectivity index (χ4v) is 4.83. The molecular formula is C22H14ClF2N3O5S. The van der Waals surface area contributed by atoms with Crippen molar-refractivity contribution in [3.8, 4) is 0 Å². The molecule has 0 fully saturated rings. The van der Waals surface area contributed by atoms with Crippen molar-refractivity contribution in [2.45, 2.75) is 13.0 Å². The second kappa shape index (κ2) is 8.92. The van der Waals surface area contributed by atoms with Gasteiger partial charge in [-0.15, -0.1) is 0 Å². The minimum absolute atomic E-state index is 0.0193. The second-order valence-corrected chi connectivity index (χ2v) is 8.63. The summed E-state index contributed by atoms with van der Waals surface area (Å²) in [7, 11) is 1.16. The van der Waals surface area contributed by atoms with Crippen LogP contribution in [0, 0.1) is 21.7 Å². The van der Waals surface area contributed by atoms with E-state index in [1.807, 2.05) is 0 Å². The molecule has 0 aliphatic carbocycles. The number of hydrogen-bond donors (Lipinski definition) is 0. The summed E-state index contributed by atoms with van der Waals surface area (Å²) in [6.45, 7) is 1.55. The summed E-state index contributed by atoms with van der Waals surface area (Å²) in [5.74, 6) is -2.86. The highest BCUT2D eigenvalue weighted by Gasteiger charge is 2.34. The van der Waals surface area contributed by atoms with Crippen LogP contribution < -0.4 is 14.9 Å². The molecule has 34 heavy (non-hydrogen) atoms. The molecule has 3 aromatic rings. The highest BCUT2D eigenvalue weighted by molar-refractivity contribution is 7.07. The lowest BCUT2D eigenvalue weighted by molar-refractivity contribution is -0.384. The zero-order valence-corrected chi connectivity index (χ0v) is 19.1. The van der Waals surface area contributed by atoms with Gasteiger partial charge in [0.2, 0.25) is 0 Å². The quantitative estimate of drug-likeness (QED) is 0.307. The van der Waals surface area contributed by atoms with Crippen molar-refractivity contribution in [2.75, 3.05) is 7.11 Å². The number of rotatable bonds is 4. The van der Waals surface area contributed by atoms with Gasteiger partial charge in [0.1, 0.15) is 5.02 Å². The predicted molar refractivity (Wildman–Crippen MR) is 120 cm³/mol. The van der Waals surface area contributed by atoms with Crippen molar-refractivity contribution in [2.24, 2.45) is 4.99 Å². The molecule has 0 spiro atoms. The van der Waals surface area contributed by atoms with Gasteiger partial charge in [0.15, 0.2) is 16.4 Å². The van der Waals surface area contributed by atoms with Crippen LogP contribution >= 0.6 is 22.9 Å². The third kappa shape index (κ3) is 4.03. The molecule has 8 nitrogen and oxygen atoms in total. The number of benzene rings is 2. The topological polar surface area (TPSA) is 104 Å². The number of halogens is 3. The Morgan fingerprint density at radius 3 is 2.65 bits per heavy atom. The number of nitrogens with zero attached hydrogens (tertiary/aromatic N) is 3. The highest BCUT2D eigenvalue weighted by Crippen LogP contribution is 2.34. The zero-order valence-electron chi connectivity index (χ0n) is 17.5. The molecule has 0 N–H and O–H groups in total. The summed E-state index contributed by atoms with van der Waals surface area (Å²) in [6, 6.07) is 6.05. The van der Waals surface area contributed by atoms with Crippen LogP contribution in [-0.2, 0) is 9.53 Å². The van der Waals surface area contributed by atoms with Crippen LogP contribution in [0.4, 0.5) is 14.5 Å². The van der Waals surface area contributed by atoms with Gasteiger partial charge in [0.25, 0.3) is 11.2 Å². The monoisotopic (exact) mass is 505 g/mol. The largest absolute Gasteiger partial charge is 0.466 e. The van der Waals surface area contributed by atoms with Crippen molar-refractivity contribution in [3.63, 3.8) is 0 Å². The minimum Gasteiger partial charge on any atom is -0.466 e. The number of allylic oxidation sites excluding steroid dienone is 1. The molecule has 0 bridgehead atoms. The smallest absolute Gasteiger partial charge is 0.338 e. The Hall–Kier alpha value is -3.70. The van der Waals surface area contributed by atoms with Crippen molar-refractivity contribution in [3.05, 3.63) is 105 Å². The van der Waals surface area contributed by atoms with E-state index in [4.69, 9.17) is 16.3 Å². The number of carbonyl (C=O) groups is 1. The van der Waals surface area contributed by atoms with E-state index >= 15 is 0 Å². The molecule has 2 heterocycles. The van der Waals surface area contributed by atoms with Crippen LogP contribution in [0.25, 0.3) is 6.08 Å². The summed E-state index contributed by atoms with van der Waals surface area (Å²) in [5, 5.41) is 11.3. The molecule has 4 rings (SSSR count). The molecule has 12 heteroatoms. The van der Waals surface area contributed by atoms with E-state index in [1.165, 1.54) is 34.9 Å². The first-order valence-electron chi connectivity index (χ1n) is 9.62. The maximum absolute atomic E-state index is 13.6. The van der Waals surface area contributed by atoms with Gasteiger partial charge in [0, 0.05) is 6.07 Å². The summed E-state index contributed by atoms with van der Waals surface area (Å²) < 4.78 is 33.2. The van der Waals surface area contributed by atoms with Gasteiger partial charge in [-0.3, -0.25) is 19.5 Å². The van der Waals surface area contributed by atoms with Crippen LogP contribution in [0.15, 0.2) is 57.5 Å². The first-order valence-corrected chi connectivity index (χ1v) is 10.8. The molecule has 1 unspecified atom stereocenters. The molecule has 174 valence electrons. The molecule has 1 aromatic heterocycles. The highest BCUT2D eigenvalue weighted by atomic mass is 35.5. The van der Waals surface area contributed by atoms with Gasteiger partial charge < -0.3 is 4.74 Å². The molecule has 0 amide bonds. The van der Waals surface area contributed by atoms with Crippen LogP contribution in [0.5, 0.6) is 0 Å². The van der Waals surface area contributed by atoms with Gasteiger partial charge in [-0.1, -0.05) is 35.1 Å². The number of nitro groups is 1. The van der Waals surface area contributed by atoms with E-state index in [2.05, 4.69) is 4.99 Å². The van der Waals surface area contributed by atoms with Crippen LogP contribution in [0.3, 0.4) is 0 Å². The number of nitro benzene ring substituents is 1. The van der Waals surface area contributed by atoms with Gasteiger partial charge in [-0.25, -0.2) is 18.6 Å². The Bertz CT molecular complexity index is 1580. The number of fused-ring (bicyclic) bond motifs is 1. The number of methoxy groups -OCH3 is 1. The van der Waals surface area contributed by atoms with E-state index in [0.29, 0.717) is 0 Å². The summed E-state index contributed by atoms with van der Waals surface area (Å²) >= 11 is 6.91. The third-order valence-electron chi connectivity index (χ3n) is 5.15. The number of esters is 1. The van der Waals surface area contributed by atoms with Gasteiger partial charge in [-0.2, -0.15) is 0 Å². The van der Waals surface area contributed by atoms with Gasteiger partial charge >= 0.3 is 5.97 Å². The maximum Gasteiger partial charge on any atom is 0.338 e. The van der Waals surface area contributed by atoms with E-state index in [1.54, 1.807) is 6.92 Å². The summed E-state index contributed by atoms with van der Waals surface area (Å²) in [5.41, 5.74) is -0.217. The van der Waals surface area contributed by atoms with E-state index in [9.17, 15) is 28.5 Å². The molecule has 1 aliphatic rings. The maximum atomic E-state index is 13.6. The Morgan fingerprint density at radius 1 is 1.26 bits per heavy atom. The Morgan fingerprint density at radius 2 is 2.00 bits per heavy atom. The fourth-order valence-electron chi connectivity index (χ4n) is 3.60. The van der Waals surface area contributed by atoms with Gasteiger partial charge in [-0.05, 0) is 42.3 Å². The Kier molecular flexibility index (Phi) is 6.15. The van der Waals surface area contributed by atoms with Crippen molar-refractivity contribution >= 4 is 40.7 Å². The van der Waals surface area contributed by atoms with Gasteiger partial charge in [0.05, 0.1) is 33.9 Å². The molecule has 2 aromatic carbocycles. The summed E-state index contributed by atoms with van der Waals surface area (Å²) in [4.78, 5) is 41.3. The second-order valence-electron chi connectivity index (χ2n) is 7.21. The third-order valence-corrected chi connectivity index (χ3v) is 6.45. The van der Waals surface area contributed by atoms with Crippen LogP contribution in [0.1, 0.15) is 24.1 Å². The fraction of sp³-hybridized carbons (Fsp3) is 0.136. The SMILES string of the molecule is COC(=O)C1=C(C)N=c2sc(=Cc3ccc(F)c(F)c3)c(=O)n2C1c1ccc(Cl)c([N+](=O)[O-])c1. The summed E-state index contributed by atoms with van der Waals surface area (Å²) in [6.07, 6.45) is 1.37. The lowest BCUT2D eigenvalue weighted by Gasteiger charge is -2.24. The first-order chi connectivity index (χ1) is 16.1. The van der Waals surface area contributed by atoms with Crippen LogP contribution in [0.2, 0.25) is 5.02 Å². The average molecular weight is 506 g/mol. The number of thiazole rings is 1. The molecule has 1 atom stereocenters. The van der Waals surface area contributed by atoms with Crippen LogP contribution in [-0.4, -0.2) is 22.6 Å². The van der Waals surface area contributed by atoms with Crippen molar-refractivity contribution in [1.82, 2.24) is 4.57 Å². The van der Waals surface area contributed by atoms with E-state index in [-0.39, 0.29) is 36.8 Å². The zero-order chi connectivity index (χ0) is 24.7. The molecular weight excluding hydrogens is 492 g/mol. The average Bonchev–Trinajstić information content (AvgIpc) is 3.09. The minimum atomic E-state index is -1.09. The number of hydrogen-bond acceptors (Lipinski definition) is 7. The Balaban J connectivity index is 2.00. The number of carbonyl (C=O) groups excluding carboxylic acids is 1. The molecule has 0 radical (unpaired) electrons. The molecule has 0 saturated carbocycles. The molecule has 0 saturated heterocycles. The van der Waals surface area contributed by atoms with E-state index < -0.39 is 39.8 Å². The standard InChI is InChI=1S/C22H14ClF2N3O5S/c1-10-18(21(30)33-2)19(12-4-5-13(23)16(9-12)28(31)32)27-20(29)17(34-22(27)26-10)8-11-3-6-14(24)15(25)7-11/h3-9,19H,1-2H3. The molecule has 1 aliphatic heterocycles. The first kappa shape index (κ1) is 23.5. The van der Waals surface area contributed by atoms with E-state index in [0.717, 1.165) is 30.6 Å². The normalized spacial score (nSPS) is 15.7. The Labute approximate surface area is 198 Å². The lowest BCUT2D eigenvalue weighted by atomic mass is 9.95.